The van der Waals surface area contributed by atoms with Gasteiger partial charge in [0.2, 0.25) is 12.2 Å². The van der Waals surface area contributed by atoms with E-state index in [2.05, 4.69) is 20.3 Å². The summed E-state index contributed by atoms with van der Waals surface area (Å²) in [6, 6.07) is 13.0. The van der Waals surface area contributed by atoms with Gasteiger partial charge in [0, 0.05) is 6.54 Å². The topological polar surface area (TPSA) is 108 Å². The van der Waals surface area contributed by atoms with Crippen LogP contribution in [0, 0.1) is 0 Å². The number of carbonyl (C=O) groups excluding carboxylic acids is 1. The lowest BCUT2D eigenvalue weighted by Crippen LogP contribution is -2.50. The minimum Gasteiger partial charge on any atom is -0.496 e. The van der Waals surface area contributed by atoms with Crippen molar-refractivity contribution in [3.8, 4) is 22.8 Å². The lowest BCUT2D eigenvalue weighted by atomic mass is 10.00. The number of aromatic nitrogens is 5. The second-order valence-electron chi connectivity index (χ2n) is 7.56. The molecule has 1 amide bonds. The number of hydrogen-bond donors (Lipinski definition) is 0. The summed E-state index contributed by atoms with van der Waals surface area (Å²) in [5.41, 5.74) is 2.92. The highest BCUT2D eigenvalue weighted by Gasteiger charge is 2.30. The lowest BCUT2D eigenvalue weighted by Gasteiger charge is -2.36. The Morgan fingerprint density at radius 2 is 2.03 bits per heavy atom. The van der Waals surface area contributed by atoms with Crippen LogP contribution in [0.2, 0.25) is 0 Å². The fraction of sp³-hybridized carbons (Fsp3) is 0.261. The van der Waals surface area contributed by atoms with Crippen molar-refractivity contribution in [1.29, 1.82) is 0 Å². The fourth-order valence-corrected chi connectivity index (χ4v) is 4.03. The Bertz CT molecular complexity index is 1230. The highest BCUT2D eigenvalue weighted by molar-refractivity contribution is 5.98. The quantitative estimate of drug-likeness (QED) is 0.444. The molecule has 0 bridgehead atoms. The Morgan fingerprint density at radius 1 is 1.18 bits per heavy atom. The van der Waals surface area contributed by atoms with Crippen molar-refractivity contribution in [1.82, 2.24) is 30.0 Å². The monoisotopic (exact) mass is 446 g/mol. The molecule has 0 spiro atoms. The molecule has 3 heterocycles. The molecule has 1 aliphatic heterocycles. The number of amides is 1. The van der Waals surface area contributed by atoms with E-state index < -0.39 is 0 Å². The highest BCUT2D eigenvalue weighted by atomic mass is 16.5. The van der Waals surface area contributed by atoms with Crippen molar-refractivity contribution in [3.05, 3.63) is 72.4 Å². The van der Waals surface area contributed by atoms with Gasteiger partial charge in [0.05, 0.1) is 55.6 Å². The average molecular weight is 446 g/mol. The zero-order valence-corrected chi connectivity index (χ0v) is 18.0. The lowest BCUT2D eigenvalue weighted by molar-refractivity contribution is -0.00165. The van der Waals surface area contributed by atoms with E-state index >= 15 is 0 Å². The van der Waals surface area contributed by atoms with E-state index in [1.165, 1.54) is 11.2 Å². The van der Waals surface area contributed by atoms with Gasteiger partial charge in [-0.15, -0.1) is 0 Å². The molecule has 0 radical (unpaired) electrons. The largest absolute Gasteiger partial charge is 0.496 e. The molecule has 1 saturated heterocycles. The molecule has 1 fully saturated rings. The van der Waals surface area contributed by atoms with Gasteiger partial charge in [-0.1, -0.05) is 23.4 Å². The first kappa shape index (κ1) is 20.8. The molecule has 2 aromatic heterocycles. The Hall–Kier alpha value is -4.05. The zero-order chi connectivity index (χ0) is 22.6. The van der Waals surface area contributed by atoms with Crippen LogP contribution in [-0.2, 0) is 11.2 Å². The number of rotatable bonds is 6. The molecule has 0 N–H and O–H groups in total. The predicted octanol–water partition coefficient (Wildman–Crippen LogP) is 2.41. The van der Waals surface area contributed by atoms with Crippen molar-refractivity contribution < 1.29 is 18.8 Å². The molecule has 1 atom stereocenters. The molecule has 0 saturated carbocycles. The molecule has 33 heavy (non-hydrogen) atoms. The van der Waals surface area contributed by atoms with Gasteiger partial charge in [0.15, 0.2) is 0 Å². The summed E-state index contributed by atoms with van der Waals surface area (Å²) in [6.45, 7) is 1.43. The van der Waals surface area contributed by atoms with E-state index in [9.17, 15) is 4.79 Å². The Kier molecular flexibility index (Phi) is 5.81. The van der Waals surface area contributed by atoms with Gasteiger partial charge in [-0.05, 0) is 36.2 Å². The van der Waals surface area contributed by atoms with Crippen molar-refractivity contribution >= 4 is 5.91 Å². The van der Waals surface area contributed by atoms with Crippen LogP contribution < -0.4 is 4.74 Å². The first-order chi connectivity index (χ1) is 16.2. The number of methoxy groups -OCH3 is 1. The minimum absolute atomic E-state index is 0.0805. The van der Waals surface area contributed by atoms with Gasteiger partial charge in [-0.2, -0.15) is 20.0 Å². The molecular weight excluding hydrogens is 424 g/mol. The van der Waals surface area contributed by atoms with Gasteiger partial charge in [-0.25, -0.2) is 0 Å². The Labute approximate surface area is 189 Å². The van der Waals surface area contributed by atoms with Gasteiger partial charge < -0.3 is 18.9 Å². The summed E-state index contributed by atoms with van der Waals surface area (Å²) < 4.78 is 16.1. The molecule has 0 aliphatic carbocycles. The number of hydrogen-bond acceptors (Lipinski definition) is 8. The summed E-state index contributed by atoms with van der Waals surface area (Å²) in [6.07, 6.45) is 5.05. The predicted molar refractivity (Wildman–Crippen MR) is 117 cm³/mol. The second kappa shape index (κ2) is 9.21. The second-order valence-corrected chi connectivity index (χ2v) is 7.56. The van der Waals surface area contributed by atoms with Crippen LogP contribution in [-0.4, -0.2) is 68.9 Å². The van der Waals surface area contributed by atoms with E-state index in [1.54, 1.807) is 25.6 Å². The van der Waals surface area contributed by atoms with Crippen LogP contribution in [0.1, 0.15) is 15.9 Å². The smallest absolute Gasteiger partial charge is 0.256 e. The van der Waals surface area contributed by atoms with Crippen LogP contribution in [0.15, 0.2) is 65.8 Å². The molecular formula is C23H22N6O4. The van der Waals surface area contributed by atoms with Crippen molar-refractivity contribution in [2.75, 3.05) is 26.9 Å². The van der Waals surface area contributed by atoms with Crippen molar-refractivity contribution in [3.63, 3.8) is 0 Å². The summed E-state index contributed by atoms with van der Waals surface area (Å²) in [7, 11) is 1.60. The van der Waals surface area contributed by atoms with E-state index in [0.29, 0.717) is 49.0 Å². The molecule has 4 aromatic rings. The van der Waals surface area contributed by atoms with Gasteiger partial charge in [-0.3, -0.25) is 4.79 Å². The first-order valence-electron chi connectivity index (χ1n) is 10.5. The molecule has 1 aliphatic rings. The van der Waals surface area contributed by atoms with Crippen LogP contribution in [0.25, 0.3) is 17.1 Å². The zero-order valence-electron chi connectivity index (χ0n) is 18.0. The average Bonchev–Trinajstić information content (AvgIpc) is 3.59. The van der Waals surface area contributed by atoms with Gasteiger partial charge in [0.1, 0.15) is 5.75 Å². The SMILES string of the molecule is COc1ccc(CC2COCCN2C(=O)c2ccccc2-n2nccn2)cc1-c1ncon1. The van der Waals surface area contributed by atoms with Crippen molar-refractivity contribution in [2.45, 2.75) is 12.5 Å². The highest BCUT2D eigenvalue weighted by Crippen LogP contribution is 2.29. The van der Waals surface area contributed by atoms with Crippen molar-refractivity contribution in [2.24, 2.45) is 0 Å². The number of nitrogens with zero attached hydrogens (tertiary/aromatic N) is 6. The summed E-state index contributed by atoms with van der Waals surface area (Å²) in [5.74, 6) is 1.01. The third-order valence-electron chi connectivity index (χ3n) is 5.59. The maximum Gasteiger partial charge on any atom is 0.256 e. The molecule has 2 aromatic carbocycles. The van der Waals surface area contributed by atoms with Crippen LogP contribution in [0.5, 0.6) is 5.75 Å². The fourth-order valence-electron chi connectivity index (χ4n) is 4.03. The minimum atomic E-state index is -0.142. The van der Waals surface area contributed by atoms with E-state index in [4.69, 9.17) is 14.0 Å². The summed E-state index contributed by atoms with van der Waals surface area (Å²) in [4.78, 5) is 21.1. The van der Waals surface area contributed by atoms with Gasteiger partial charge >= 0.3 is 0 Å². The molecule has 10 nitrogen and oxygen atoms in total. The third-order valence-corrected chi connectivity index (χ3v) is 5.59. The van der Waals surface area contributed by atoms with E-state index in [1.807, 2.05) is 41.3 Å². The van der Waals surface area contributed by atoms with Crippen LogP contribution in [0.4, 0.5) is 0 Å². The van der Waals surface area contributed by atoms with E-state index in [-0.39, 0.29) is 11.9 Å². The molecule has 5 rings (SSSR count). The van der Waals surface area contributed by atoms with E-state index in [0.717, 1.165) is 11.1 Å². The maximum atomic E-state index is 13.6. The number of para-hydroxylation sites is 1. The Balaban J connectivity index is 1.43. The number of carbonyl (C=O) groups is 1. The summed E-state index contributed by atoms with van der Waals surface area (Å²) in [5, 5.41) is 12.3. The number of benzene rings is 2. The van der Waals surface area contributed by atoms with Crippen LogP contribution in [0.3, 0.4) is 0 Å². The maximum absolute atomic E-state index is 13.6. The molecule has 168 valence electrons. The molecule has 1 unspecified atom stereocenters. The number of ether oxygens (including phenoxy) is 2. The van der Waals surface area contributed by atoms with Gasteiger partial charge in [0.25, 0.3) is 5.91 Å². The summed E-state index contributed by atoms with van der Waals surface area (Å²) >= 11 is 0. The number of morpholine rings is 1. The normalized spacial score (nSPS) is 16.0. The standard InChI is InChI=1S/C23H22N6O4/c1-31-21-7-6-16(13-19(21)22-24-15-33-27-22)12-17-14-32-11-10-28(17)23(30)18-4-2-3-5-20(18)29-25-8-9-26-29/h2-9,13,15,17H,10-12,14H2,1H3. The first-order valence-corrected chi connectivity index (χ1v) is 10.5. The third kappa shape index (κ3) is 4.20. The molecule has 10 heteroatoms. The van der Waals surface area contributed by atoms with Crippen LogP contribution >= 0.6 is 0 Å². The Morgan fingerprint density at radius 3 is 2.82 bits per heavy atom.